The summed E-state index contributed by atoms with van der Waals surface area (Å²) in [6.45, 7) is 5.04. The zero-order valence-electron chi connectivity index (χ0n) is 18.3. The molecule has 33 heavy (non-hydrogen) atoms. The summed E-state index contributed by atoms with van der Waals surface area (Å²) in [6, 6.07) is 11.2. The first kappa shape index (κ1) is 21.4. The van der Waals surface area contributed by atoms with E-state index in [1.54, 1.807) is 13.1 Å². The molecule has 0 atom stereocenters. The van der Waals surface area contributed by atoms with Crippen LogP contribution in [0.25, 0.3) is 16.7 Å². The highest BCUT2D eigenvalue weighted by Gasteiger charge is 2.31. The largest absolute Gasteiger partial charge is 0.416 e. The summed E-state index contributed by atoms with van der Waals surface area (Å²) >= 11 is 0. The van der Waals surface area contributed by atoms with Crippen molar-refractivity contribution in [1.29, 1.82) is 0 Å². The molecule has 10 heteroatoms. The van der Waals surface area contributed by atoms with Gasteiger partial charge < -0.3 is 4.90 Å². The van der Waals surface area contributed by atoms with Crippen molar-refractivity contribution in [2.24, 2.45) is 7.05 Å². The van der Waals surface area contributed by atoms with Crippen LogP contribution in [-0.4, -0.2) is 50.2 Å². The van der Waals surface area contributed by atoms with E-state index in [1.165, 1.54) is 16.7 Å². The lowest BCUT2D eigenvalue weighted by Crippen LogP contribution is -2.46. The average Bonchev–Trinajstić information content (AvgIpc) is 3.21. The van der Waals surface area contributed by atoms with E-state index in [1.807, 2.05) is 34.4 Å². The number of benzene rings is 2. The van der Waals surface area contributed by atoms with Gasteiger partial charge in [-0.25, -0.2) is 0 Å². The van der Waals surface area contributed by atoms with E-state index in [2.05, 4.69) is 15.1 Å². The van der Waals surface area contributed by atoms with Gasteiger partial charge in [0.15, 0.2) is 5.82 Å². The topological polar surface area (TPSA) is 58.7 Å². The van der Waals surface area contributed by atoms with E-state index in [9.17, 15) is 18.0 Å². The van der Waals surface area contributed by atoms with Crippen molar-refractivity contribution in [2.45, 2.75) is 19.6 Å². The van der Waals surface area contributed by atoms with E-state index in [-0.39, 0.29) is 5.56 Å². The lowest BCUT2D eigenvalue weighted by atomic mass is 10.1. The fraction of sp³-hybridized carbons (Fsp3) is 0.348. The van der Waals surface area contributed by atoms with Gasteiger partial charge in [0.1, 0.15) is 0 Å². The number of hydrogen-bond donors (Lipinski definition) is 0. The Morgan fingerprint density at radius 2 is 1.76 bits per heavy atom. The van der Waals surface area contributed by atoms with Crippen molar-refractivity contribution in [3.63, 3.8) is 0 Å². The number of alkyl halides is 3. The molecule has 1 saturated heterocycles. The van der Waals surface area contributed by atoms with Crippen LogP contribution >= 0.6 is 0 Å². The Morgan fingerprint density at radius 1 is 1.00 bits per heavy atom. The smallest absolute Gasteiger partial charge is 0.369 e. The molecule has 0 spiro atoms. The Hall–Kier alpha value is -3.40. The van der Waals surface area contributed by atoms with Gasteiger partial charge in [-0.2, -0.15) is 13.2 Å². The first-order valence-electron chi connectivity index (χ1n) is 10.7. The summed E-state index contributed by atoms with van der Waals surface area (Å²) < 4.78 is 42.6. The fourth-order valence-electron chi connectivity index (χ4n) is 4.40. The van der Waals surface area contributed by atoms with Crippen LogP contribution in [0.4, 0.5) is 18.9 Å². The lowest BCUT2D eigenvalue weighted by molar-refractivity contribution is -0.137. The van der Waals surface area contributed by atoms with Crippen LogP contribution in [0.1, 0.15) is 17.0 Å². The molecule has 5 rings (SSSR count). The minimum atomic E-state index is -4.35. The molecule has 1 fully saturated rings. The Morgan fingerprint density at radius 3 is 2.48 bits per heavy atom. The summed E-state index contributed by atoms with van der Waals surface area (Å²) in [5.74, 6) is 1.20. The molecule has 3 heterocycles. The molecule has 0 aliphatic carbocycles. The number of anilines is 1. The minimum Gasteiger partial charge on any atom is -0.369 e. The van der Waals surface area contributed by atoms with Gasteiger partial charge in [0.25, 0.3) is 5.56 Å². The summed E-state index contributed by atoms with van der Waals surface area (Å²) in [5, 5.41) is 9.21. The Labute approximate surface area is 187 Å². The minimum absolute atomic E-state index is 0.116. The highest BCUT2D eigenvalue weighted by atomic mass is 19.4. The summed E-state index contributed by atoms with van der Waals surface area (Å²) in [6.07, 6.45) is -4.35. The molecule has 1 aliphatic heterocycles. The number of rotatable bonds is 3. The molecule has 0 N–H and O–H groups in total. The van der Waals surface area contributed by atoms with Gasteiger partial charge >= 0.3 is 6.18 Å². The summed E-state index contributed by atoms with van der Waals surface area (Å²) in [7, 11) is 1.69. The third kappa shape index (κ3) is 3.84. The van der Waals surface area contributed by atoms with Gasteiger partial charge in [-0.3, -0.25) is 18.7 Å². The number of fused-ring (bicyclic) bond motifs is 3. The van der Waals surface area contributed by atoms with Gasteiger partial charge in [0.05, 0.1) is 23.0 Å². The van der Waals surface area contributed by atoms with Crippen LogP contribution in [-0.2, 0) is 19.8 Å². The number of nitrogens with zero attached hydrogens (tertiary/aromatic N) is 6. The van der Waals surface area contributed by atoms with Crippen molar-refractivity contribution >= 4 is 22.4 Å². The van der Waals surface area contributed by atoms with Crippen LogP contribution in [0.3, 0.4) is 0 Å². The van der Waals surface area contributed by atoms with Crippen LogP contribution in [0.15, 0.2) is 47.3 Å². The van der Waals surface area contributed by atoms with E-state index in [4.69, 9.17) is 0 Å². The molecular weight excluding hydrogens is 433 g/mol. The van der Waals surface area contributed by atoms with E-state index in [0.717, 1.165) is 23.0 Å². The van der Waals surface area contributed by atoms with E-state index in [0.29, 0.717) is 49.6 Å². The predicted molar refractivity (Wildman–Crippen MR) is 119 cm³/mol. The quantitative estimate of drug-likeness (QED) is 0.474. The molecular formula is C23H23F3N6O. The van der Waals surface area contributed by atoms with Gasteiger partial charge in [0, 0.05) is 38.9 Å². The molecule has 2 aromatic heterocycles. The molecule has 1 aliphatic rings. The number of hydrogen-bond acceptors (Lipinski definition) is 5. The van der Waals surface area contributed by atoms with Crippen molar-refractivity contribution in [3.05, 3.63) is 69.8 Å². The van der Waals surface area contributed by atoms with Crippen molar-refractivity contribution in [3.8, 4) is 0 Å². The Kier molecular flexibility index (Phi) is 5.12. The number of halogens is 3. The van der Waals surface area contributed by atoms with Gasteiger partial charge in [-0.05, 0) is 37.3 Å². The molecule has 2 aromatic carbocycles. The number of piperazine rings is 1. The zero-order chi connectivity index (χ0) is 23.3. The third-order valence-electron chi connectivity index (χ3n) is 6.22. The molecule has 0 unspecified atom stereocenters. The second-order valence-electron chi connectivity index (χ2n) is 8.45. The van der Waals surface area contributed by atoms with Gasteiger partial charge in [-0.1, -0.05) is 17.7 Å². The highest BCUT2D eigenvalue weighted by Crippen LogP contribution is 2.32. The standard InChI is InChI=1S/C23H23F3N6O/c1-15-6-7-19-18(12-15)21(33)29(2)22-28-27-20(32(19)22)14-30-8-10-31(11-9-30)17-5-3-4-16(13-17)23(24,25)26/h3-7,12-13H,8-11,14H2,1-2H3. The molecule has 0 amide bonds. The Balaban J connectivity index is 1.38. The summed E-state index contributed by atoms with van der Waals surface area (Å²) in [4.78, 5) is 16.9. The van der Waals surface area contributed by atoms with Crippen LogP contribution in [0, 0.1) is 6.92 Å². The van der Waals surface area contributed by atoms with Gasteiger partial charge in [0.2, 0.25) is 5.78 Å². The first-order valence-corrected chi connectivity index (χ1v) is 10.7. The maximum Gasteiger partial charge on any atom is 0.416 e. The van der Waals surface area contributed by atoms with Gasteiger partial charge in [-0.15, -0.1) is 10.2 Å². The number of aromatic nitrogens is 4. The first-order chi connectivity index (χ1) is 15.7. The van der Waals surface area contributed by atoms with E-state index >= 15 is 0 Å². The lowest BCUT2D eigenvalue weighted by Gasteiger charge is -2.36. The predicted octanol–water partition coefficient (Wildman–Crippen LogP) is 3.23. The average molecular weight is 456 g/mol. The molecule has 0 radical (unpaired) electrons. The highest BCUT2D eigenvalue weighted by molar-refractivity contribution is 5.81. The second kappa shape index (κ2) is 7.87. The van der Waals surface area contributed by atoms with Crippen LogP contribution in [0.5, 0.6) is 0 Å². The molecule has 4 aromatic rings. The van der Waals surface area contributed by atoms with Crippen molar-refractivity contribution in [1.82, 2.24) is 24.1 Å². The second-order valence-corrected chi connectivity index (χ2v) is 8.45. The van der Waals surface area contributed by atoms with Crippen molar-refractivity contribution in [2.75, 3.05) is 31.1 Å². The zero-order valence-corrected chi connectivity index (χ0v) is 18.3. The summed E-state index contributed by atoms with van der Waals surface area (Å²) in [5.41, 5.74) is 1.59. The Bertz CT molecular complexity index is 1400. The normalized spacial score (nSPS) is 15.6. The molecule has 172 valence electrons. The molecule has 7 nitrogen and oxygen atoms in total. The molecule has 0 bridgehead atoms. The maximum atomic E-state index is 13.1. The van der Waals surface area contributed by atoms with Crippen molar-refractivity contribution < 1.29 is 13.2 Å². The monoisotopic (exact) mass is 456 g/mol. The molecule has 0 saturated carbocycles. The SMILES string of the molecule is Cc1ccc2c(c1)c(=O)n(C)c1nnc(CN3CCN(c4cccc(C(F)(F)F)c4)CC3)n21. The van der Waals surface area contributed by atoms with E-state index < -0.39 is 11.7 Å². The fourth-order valence-corrected chi connectivity index (χ4v) is 4.40. The number of aryl methyl sites for hydroxylation is 2. The van der Waals surface area contributed by atoms with Crippen LogP contribution in [0.2, 0.25) is 0 Å². The third-order valence-corrected chi connectivity index (χ3v) is 6.22. The van der Waals surface area contributed by atoms with Crippen LogP contribution < -0.4 is 10.5 Å². The maximum absolute atomic E-state index is 13.1.